The van der Waals surface area contributed by atoms with Crippen LogP contribution in [0.3, 0.4) is 0 Å². The van der Waals surface area contributed by atoms with Gasteiger partial charge in [-0.2, -0.15) is 0 Å². The van der Waals surface area contributed by atoms with Gasteiger partial charge in [0, 0.05) is 29.6 Å². The van der Waals surface area contributed by atoms with E-state index in [1.54, 1.807) is 18.2 Å². The molecule has 0 fully saturated rings. The highest BCUT2D eigenvalue weighted by Crippen LogP contribution is 2.13. The summed E-state index contributed by atoms with van der Waals surface area (Å²) in [5.74, 6) is -0.694. The van der Waals surface area contributed by atoms with Crippen LogP contribution in [0, 0.1) is 5.82 Å². The van der Waals surface area contributed by atoms with E-state index in [1.807, 2.05) is 24.3 Å². The topological polar surface area (TPSA) is 94.8 Å². The predicted octanol–water partition coefficient (Wildman–Crippen LogP) is 2.76. The third-order valence-corrected chi connectivity index (χ3v) is 4.81. The largest absolute Gasteiger partial charge is 0.352 e. The van der Waals surface area contributed by atoms with Gasteiger partial charge < -0.3 is 15.3 Å². The molecule has 3 N–H and O–H groups in total. The number of para-hydroxylation sites is 1. The molecule has 0 aliphatic carbocycles. The van der Waals surface area contributed by atoms with Crippen molar-refractivity contribution >= 4 is 27.7 Å². The zero-order valence-corrected chi connectivity index (χ0v) is 15.4. The zero-order valence-electron chi connectivity index (χ0n) is 15.4. The molecule has 146 valence electrons. The Morgan fingerprint density at radius 3 is 2.41 bits per heavy atom. The summed E-state index contributed by atoms with van der Waals surface area (Å²) in [7, 11) is 0. The van der Waals surface area contributed by atoms with E-state index in [0.29, 0.717) is 22.0 Å². The first-order chi connectivity index (χ1) is 14.0. The first kappa shape index (κ1) is 18.6. The Hall–Kier alpha value is -3.74. The standard InChI is InChI=1S/C22H18FN3O3/c23-17-7-5-14-9-15(21(28)26-19(14)11-17)6-8-20(27)24-12-16-10-13-3-1-2-4-18(13)25-22(16)29/h1-5,7,9-11H,6,8,12H2,(H,24,27)(H,25,29)(H,26,28). The Bertz CT molecular complexity index is 1340. The first-order valence-electron chi connectivity index (χ1n) is 9.19. The van der Waals surface area contributed by atoms with Crippen LogP contribution in [0.15, 0.2) is 64.2 Å². The van der Waals surface area contributed by atoms with Crippen molar-refractivity contribution in [1.29, 1.82) is 0 Å². The third kappa shape index (κ3) is 4.08. The fourth-order valence-electron chi connectivity index (χ4n) is 3.26. The van der Waals surface area contributed by atoms with Crippen molar-refractivity contribution in [3.8, 4) is 0 Å². The van der Waals surface area contributed by atoms with Gasteiger partial charge in [-0.25, -0.2) is 4.39 Å². The number of halogens is 1. The molecular weight excluding hydrogens is 373 g/mol. The summed E-state index contributed by atoms with van der Waals surface area (Å²) < 4.78 is 13.3. The van der Waals surface area contributed by atoms with Gasteiger partial charge in [0.2, 0.25) is 5.91 Å². The van der Waals surface area contributed by atoms with Crippen LogP contribution < -0.4 is 16.4 Å². The van der Waals surface area contributed by atoms with Crippen LogP contribution in [0.25, 0.3) is 21.8 Å². The van der Waals surface area contributed by atoms with E-state index in [-0.39, 0.29) is 36.4 Å². The molecule has 4 aromatic rings. The number of amides is 1. The molecular formula is C22H18FN3O3. The summed E-state index contributed by atoms with van der Waals surface area (Å²) in [4.78, 5) is 41.9. The van der Waals surface area contributed by atoms with Crippen LogP contribution >= 0.6 is 0 Å². The fraction of sp³-hybridized carbons (Fsp3) is 0.136. The molecule has 6 nitrogen and oxygen atoms in total. The molecule has 29 heavy (non-hydrogen) atoms. The van der Waals surface area contributed by atoms with Crippen LogP contribution in [0.5, 0.6) is 0 Å². The Morgan fingerprint density at radius 1 is 0.862 bits per heavy atom. The van der Waals surface area contributed by atoms with Gasteiger partial charge in [0.15, 0.2) is 0 Å². The lowest BCUT2D eigenvalue weighted by molar-refractivity contribution is -0.121. The molecule has 0 saturated heterocycles. The highest BCUT2D eigenvalue weighted by atomic mass is 19.1. The fourth-order valence-corrected chi connectivity index (χ4v) is 3.26. The van der Waals surface area contributed by atoms with Crippen LogP contribution in [-0.4, -0.2) is 15.9 Å². The van der Waals surface area contributed by atoms with Crippen LogP contribution in [-0.2, 0) is 17.8 Å². The second-order valence-corrected chi connectivity index (χ2v) is 6.84. The molecule has 2 aromatic carbocycles. The van der Waals surface area contributed by atoms with Gasteiger partial charge >= 0.3 is 0 Å². The van der Waals surface area contributed by atoms with E-state index in [0.717, 1.165) is 10.9 Å². The lowest BCUT2D eigenvalue weighted by atomic mass is 10.1. The highest BCUT2D eigenvalue weighted by molar-refractivity contribution is 5.80. The predicted molar refractivity (Wildman–Crippen MR) is 109 cm³/mol. The van der Waals surface area contributed by atoms with Gasteiger partial charge in [-0.1, -0.05) is 18.2 Å². The first-order valence-corrected chi connectivity index (χ1v) is 9.19. The molecule has 2 aromatic heterocycles. The van der Waals surface area contributed by atoms with Gasteiger partial charge in [-0.3, -0.25) is 14.4 Å². The number of aromatic amines is 2. The molecule has 0 saturated carbocycles. The Morgan fingerprint density at radius 2 is 1.55 bits per heavy atom. The number of hydrogen-bond donors (Lipinski definition) is 3. The quantitative estimate of drug-likeness (QED) is 0.488. The van der Waals surface area contributed by atoms with Gasteiger partial charge in [0.1, 0.15) is 5.82 Å². The zero-order chi connectivity index (χ0) is 20.4. The third-order valence-electron chi connectivity index (χ3n) is 4.81. The van der Waals surface area contributed by atoms with Crippen molar-refractivity contribution in [3.05, 3.63) is 92.2 Å². The maximum Gasteiger partial charge on any atom is 0.253 e. The van der Waals surface area contributed by atoms with Crippen LogP contribution in [0.1, 0.15) is 17.5 Å². The summed E-state index contributed by atoms with van der Waals surface area (Å²) >= 11 is 0. The molecule has 0 aliphatic rings. The number of H-pyrrole nitrogens is 2. The van der Waals surface area contributed by atoms with Crippen molar-refractivity contribution in [2.24, 2.45) is 0 Å². The minimum Gasteiger partial charge on any atom is -0.352 e. The number of carbonyl (C=O) groups is 1. The maximum atomic E-state index is 13.3. The van der Waals surface area contributed by atoms with Crippen LogP contribution in [0.4, 0.5) is 4.39 Å². The number of hydrogen-bond acceptors (Lipinski definition) is 3. The van der Waals surface area contributed by atoms with E-state index >= 15 is 0 Å². The number of fused-ring (bicyclic) bond motifs is 2. The number of aromatic nitrogens is 2. The van der Waals surface area contributed by atoms with E-state index in [1.165, 1.54) is 12.1 Å². The van der Waals surface area contributed by atoms with Crippen LogP contribution in [0.2, 0.25) is 0 Å². The van der Waals surface area contributed by atoms with Crippen molar-refractivity contribution < 1.29 is 9.18 Å². The lowest BCUT2D eigenvalue weighted by Crippen LogP contribution is -2.27. The Labute approximate surface area is 164 Å². The van der Waals surface area contributed by atoms with Crippen molar-refractivity contribution in [2.75, 3.05) is 0 Å². The van der Waals surface area contributed by atoms with Crippen molar-refractivity contribution in [2.45, 2.75) is 19.4 Å². The number of rotatable bonds is 5. The summed E-state index contributed by atoms with van der Waals surface area (Å²) in [5, 5.41) is 4.30. The van der Waals surface area contributed by atoms with E-state index < -0.39 is 5.82 Å². The molecule has 0 unspecified atom stereocenters. The van der Waals surface area contributed by atoms with Gasteiger partial charge in [-0.05, 0) is 53.6 Å². The molecule has 0 radical (unpaired) electrons. The van der Waals surface area contributed by atoms with E-state index in [2.05, 4.69) is 15.3 Å². The average molecular weight is 391 g/mol. The minimum absolute atomic E-state index is 0.0985. The minimum atomic E-state index is -0.427. The van der Waals surface area contributed by atoms with Gasteiger partial charge in [0.05, 0.1) is 5.52 Å². The number of aryl methyl sites for hydroxylation is 1. The highest BCUT2D eigenvalue weighted by Gasteiger charge is 2.09. The number of pyridine rings is 2. The molecule has 7 heteroatoms. The van der Waals surface area contributed by atoms with Gasteiger partial charge in [-0.15, -0.1) is 0 Å². The summed E-state index contributed by atoms with van der Waals surface area (Å²) in [6, 6.07) is 15.0. The van der Waals surface area contributed by atoms with Crippen molar-refractivity contribution in [1.82, 2.24) is 15.3 Å². The second-order valence-electron chi connectivity index (χ2n) is 6.84. The number of nitrogens with one attached hydrogen (secondary N) is 3. The molecule has 0 bridgehead atoms. The molecule has 0 aliphatic heterocycles. The van der Waals surface area contributed by atoms with Gasteiger partial charge in [0.25, 0.3) is 11.1 Å². The van der Waals surface area contributed by atoms with E-state index in [4.69, 9.17) is 0 Å². The summed E-state index contributed by atoms with van der Waals surface area (Å²) in [5.41, 5.74) is 1.47. The maximum absolute atomic E-state index is 13.3. The summed E-state index contributed by atoms with van der Waals surface area (Å²) in [6.45, 7) is 0.104. The van der Waals surface area contributed by atoms with E-state index in [9.17, 15) is 18.8 Å². The molecule has 4 rings (SSSR count). The second kappa shape index (κ2) is 7.71. The SMILES string of the molecule is O=C(CCc1cc2ccc(F)cc2[nH]c1=O)NCc1cc2ccccc2[nH]c1=O. The summed E-state index contributed by atoms with van der Waals surface area (Å²) in [6.07, 6.45) is 0.337. The monoisotopic (exact) mass is 391 g/mol. The molecule has 1 amide bonds. The number of carbonyl (C=O) groups excluding carboxylic acids is 1. The smallest absolute Gasteiger partial charge is 0.253 e. The number of benzene rings is 2. The average Bonchev–Trinajstić information content (AvgIpc) is 2.70. The van der Waals surface area contributed by atoms with Crippen molar-refractivity contribution in [3.63, 3.8) is 0 Å². The lowest BCUT2D eigenvalue weighted by Gasteiger charge is -2.07. The Kier molecular flexibility index (Phi) is 4.95. The normalized spacial score (nSPS) is 11.1. The molecule has 0 atom stereocenters. The molecule has 2 heterocycles. The Balaban J connectivity index is 1.42. The molecule has 0 spiro atoms.